The summed E-state index contributed by atoms with van der Waals surface area (Å²) in [4.78, 5) is 11.4. The molecule has 31 heavy (non-hydrogen) atoms. The van der Waals surface area contributed by atoms with Crippen molar-refractivity contribution in [2.75, 3.05) is 44.5 Å². The molecule has 7 nitrogen and oxygen atoms in total. The van der Waals surface area contributed by atoms with Crippen LogP contribution < -0.4 is 15.4 Å². The second-order valence-electron chi connectivity index (χ2n) is 8.21. The van der Waals surface area contributed by atoms with E-state index < -0.39 is 6.17 Å². The number of rotatable bonds is 5. The Hall–Kier alpha value is -2.97. The first-order valence-electron chi connectivity index (χ1n) is 10.5. The first kappa shape index (κ1) is 20.0. The molecular weight excluding hydrogens is 397 g/mol. The molecular formula is C23H26FN5O2. The van der Waals surface area contributed by atoms with E-state index in [2.05, 4.69) is 44.7 Å². The predicted molar refractivity (Wildman–Crippen MR) is 119 cm³/mol. The Balaban J connectivity index is 1.42. The summed E-state index contributed by atoms with van der Waals surface area (Å²) in [6.45, 7) is 2.45. The van der Waals surface area contributed by atoms with Gasteiger partial charge in [-0.15, -0.1) is 0 Å². The highest BCUT2D eigenvalue weighted by atomic mass is 19.1. The van der Waals surface area contributed by atoms with Gasteiger partial charge < -0.3 is 25.0 Å². The molecule has 0 aliphatic carbocycles. The van der Waals surface area contributed by atoms with Crippen molar-refractivity contribution in [1.29, 1.82) is 0 Å². The standard InChI is InChI=1S/C23H26FN5O2/c1-29-6-5-14-8-22(30-2)20(7-16(14)11-29)28-23-25-10-15-3-4-17(9-19(15)27-23)26-21-13-31-12-18(21)24/h3-4,7-10,18,21,26H,5-6,11-13H2,1-2H3,(H,25,27,28)/t18-,21+/m0/s1. The zero-order chi connectivity index (χ0) is 21.4. The number of anilines is 3. The van der Waals surface area contributed by atoms with E-state index in [9.17, 15) is 4.39 Å². The van der Waals surface area contributed by atoms with Gasteiger partial charge in [0, 0.05) is 30.4 Å². The summed E-state index contributed by atoms with van der Waals surface area (Å²) in [5.74, 6) is 1.26. The van der Waals surface area contributed by atoms with Crippen molar-refractivity contribution in [2.45, 2.75) is 25.2 Å². The number of aromatic nitrogens is 2. The summed E-state index contributed by atoms with van der Waals surface area (Å²) in [6, 6.07) is 9.63. The highest BCUT2D eigenvalue weighted by molar-refractivity contribution is 5.83. The lowest BCUT2D eigenvalue weighted by molar-refractivity contribution is 0.173. The van der Waals surface area contributed by atoms with E-state index in [0.717, 1.165) is 47.5 Å². The number of hydrogen-bond acceptors (Lipinski definition) is 7. The van der Waals surface area contributed by atoms with Gasteiger partial charge in [0.2, 0.25) is 5.95 Å². The normalized spacial score (nSPS) is 21.1. The molecule has 0 unspecified atom stereocenters. The second-order valence-corrected chi connectivity index (χ2v) is 8.21. The average Bonchev–Trinajstić information content (AvgIpc) is 3.17. The molecule has 0 saturated carbocycles. The summed E-state index contributed by atoms with van der Waals surface area (Å²) in [5, 5.41) is 7.43. The number of methoxy groups -OCH3 is 1. The van der Waals surface area contributed by atoms with Crippen LogP contribution in [-0.4, -0.2) is 61.0 Å². The maximum Gasteiger partial charge on any atom is 0.227 e. The Bertz CT molecular complexity index is 1110. The largest absolute Gasteiger partial charge is 0.495 e. The van der Waals surface area contributed by atoms with Crippen molar-refractivity contribution in [3.63, 3.8) is 0 Å². The fourth-order valence-corrected chi connectivity index (χ4v) is 4.16. The SMILES string of the molecule is COc1cc2c(cc1Nc1ncc3ccc(N[C@@H]4COC[C@@H]4F)cc3n1)CN(C)CC2. The molecule has 0 radical (unpaired) electrons. The van der Waals surface area contributed by atoms with Crippen LogP contribution in [0.4, 0.5) is 21.7 Å². The van der Waals surface area contributed by atoms with E-state index in [1.165, 1.54) is 11.1 Å². The van der Waals surface area contributed by atoms with Crippen molar-refractivity contribution in [2.24, 2.45) is 0 Å². The Morgan fingerprint density at radius 3 is 2.90 bits per heavy atom. The fourth-order valence-electron chi connectivity index (χ4n) is 4.16. The molecule has 1 fully saturated rings. The van der Waals surface area contributed by atoms with Crippen molar-refractivity contribution in [3.8, 4) is 5.75 Å². The highest BCUT2D eigenvalue weighted by Gasteiger charge is 2.27. The number of ether oxygens (including phenoxy) is 2. The van der Waals surface area contributed by atoms with Crippen LogP contribution in [0.1, 0.15) is 11.1 Å². The molecule has 0 spiro atoms. The smallest absolute Gasteiger partial charge is 0.227 e. The number of nitrogens with one attached hydrogen (secondary N) is 2. The van der Waals surface area contributed by atoms with Gasteiger partial charge in [-0.05, 0) is 54.9 Å². The fraction of sp³-hybridized carbons (Fsp3) is 0.391. The summed E-state index contributed by atoms with van der Waals surface area (Å²) >= 11 is 0. The molecule has 162 valence electrons. The first-order valence-corrected chi connectivity index (χ1v) is 10.5. The molecule has 1 saturated heterocycles. The first-order chi connectivity index (χ1) is 15.1. The van der Waals surface area contributed by atoms with Crippen LogP contribution in [0, 0.1) is 0 Å². The van der Waals surface area contributed by atoms with E-state index in [1.54, 1.807) is 13.3 Å². The molecule has 2 aliphatic heterocycles. The number of hydrogen-bond donors (Lipinski definition) is 2. The topological polar surface area (TPSA) is 71.5 Å². The summed E-state index contributed by atoms with van der Waals surface area (Å²) in [5.41, 5.74) is 5.02. The van der Waals surface area contributed by atoms with Crippen molar-refractivity contribution in [3.05, 3.63) is 47.7 Å². The maximum atomic E-state index is 13.9. The van der Waals surface area contributed by atoms with Gasteiger partial charge in [-0.25, -0.2) is 14.4 Å². The summed E-state index contributed by atoms with van der Waals surface area (Å²) in [7, 11) is 3.80. The van der Waals surface area contributed by atoms with Crippen LogP contribution in [0.2, 0.25) is 0 Å². The van der Waals surface area contributed by atoms with Gasteiger partial charge in [0.05, 0.1) is 37.6 Å². The molecule has 2 N–H and O–H groups in total. The van der Waals surface area contributed by atoms with Gasteiger partial charge in [-0.3, -0.25) is 0 Å². The van der Waals surface area contributed by atoms with Gasteiger partial charge in [0.25, 0.3) is 0 Å². The van der Waals surface area contributed by atoms with Gasteiger partial charge >= 0.3 is 0 Å². The molecule has 2 aliphatic rings. The lowest BCUT2D eigenvalue weighted by Gasteiger charge is -2.26. The number of halogens is 1. The minimum absolute atomic E-state index is 0.139. The zero-order valence-electron chi connectivity index (χ0n) is 17.7. The van der Waals surface area contributed by atoms with Crippen LogP contribution >= 0.6 is 0 Å². The van der Waals surface area contributed by atoms with Crippen molar-refractivity contribution in [1.82, 2.24) is 14.9 Å². The van der Waals surface area contributed by atoms with Gasteiger partial charge in [-0.1, -0.05) is 0 Å². The predicted octanol–water partition coefficient (Wildman–Crippen LogP) is 3.52. The van der Waals surface area contributed by atoms with Crippen LogP contribution in [0.25, 0.3) is 10.9 Å². The molecule has 5 rings (SSSR count). The third-order valence-corrected chi connectivity index (χ3v) is 5.92. The van der Waals surface area contributed by atoms with E-state index in [1.807, 2.05) is 18.2 Å². The monoisotopic (exact) mass is 423 g/mol. The molecule has 3 heterocycles. The van der Waals surface area contributed by atoms with Crippen LogP contribution in [0.5, 0.6) is 5.75 Å². The van der Waals surface area contributed by atoms with E-state index in [4.69, 9.17) is 9.47 Å². The number of alkyl halides is 1. The lowest BCUT2D eigenvalue weighted by Crippen LogP contribution is -2.28. The van der Waals surface area contributed by atoms with E-state index >= 15 is 0 Å². The summed E-state index contributed by atoms with van der Waals surface area (Å²) in [6.07, 6.45) is 1.79. The third kappa shape index (κ3) is 4.13. The Morgan fingerprint density at radius 1 is 1.19 bits per heavy atom. The quantitative estimate of drug-likeness (QED) is 0.651. The second kappa shape index (κ2) is 8.28. The maximum absolute atomic E-state index is 13.9. The Kier molecular flexibility index (Phi) is 5.33. The van der Waals surface area contributed by atoms with Crippen molar-refractivity contribution >= 4 is 28.2 Å². The summed E-state index contributed by atoms with van der Waals surface area (Å²) < 4.78 is 24.7. The average molecular weight is 423 g/mol. The molecule has 2 atom stereocenters. The van der Waals surface area contributed by atoms with Crippen LogP contribution in [0.3, 0.4) is 0 Å². The molecule has 0 bridgehead atoms. The highest BCUT2D eigenvalue weighted by Crippen LogP contribution is 2.33. The van der Waals surface area contributed by atoms with Crippen LogP contribution in [0.15, 0.2) is 36.5 Å². The van der Waals surface area contributed by atoms with E-state index in [0.29, 0.717) is 12.6 Å². The number of likely N-dealkylation sites (N-methyl/N-ethyl adjacent to an activating group) is 1. The molecule has 0 amide bonds. The van der Waals surface area contributed by atoms with Gasteiger partial charge in [-0.2, -0.15) is 0 Å². The van der Waals surface area contributed by atoms with Crippen molar-refractivity contribution < 1.29 is 13.9 Å². The lowest BCUT2D eigenvalue weighted by atomic mass is 9.99. The van der Waals surface area contributed by atoms with Gasteiger partial charge in [0.1, 0.15) is 11.9 Å². The Morgan fingerprint density at radius 2 is 2.10 bits per heavy atom. The molecule has 1 aromatic heterocycles. The molecule has 2 aromatic carbocycles. The minimum atomic E-state index is -1.01. The number of fused-ring (bicyclic) bond motifs is 2. The number of benzene rings is 2. The van der Waals surface area contributed by atoms with Gasteiger partial charge in [0.15, 0.2) is 0 Å². The molecule has 3 aromatic rings. The Labute approximate surface area is 180 Å². The zero-order valence-corrected chi connectivity index (χ0v) is 17.7. The molecule has 8 heteroatoms. The minimum Gasteiger partial charge on any atom is -0.495 e. The van der Waals surface area contributed by atoms with E-state index in [-0.39, 0.29) is 12.6 Å². The third-order valence-electron chi connectivity index (χ3n) is 5.92. The van der Waals surface area contributed by atoms with Crippen LogP contribution in [-0.2, 0) is 17.7 Å². The number of nitrogens with zero attached hydrogens (tertiary/aromatic N) is 3.